The van der Waals surface area contributed by atoms with Crippen LogP contribution in [0, 0.1) is 11.8 Å². The topological polar surface area (TPSA) is 69.7 Å². The van der Waals surface area contributed by atoms with E-state index in [1.54, 1.807) is 0 Å². The molecular formula is C18H29N3O3. The number of nitrogens with one attached hydrogen (secondary N) is 1. The molecule has 2 aliphatic carbocycles. The molecule has 0 aromatic rings. The van der Waals surface area contributed by atoms with Crippen LogP contribution < -0.4 is 5.32 Å². The van der Waals surface area contributed by atoms with E-state index in [2.05, 4.69) is 5.32 Å². The Labute approximate surface area is 143 Å². The number of urea groups is 1. The summed E-state index contributed by atoms with van der Waals surface area (Å²) in [6, 6.07) is -0.398. The van der Waals surface area contributed by atoms with Crippen LogP contribution in [0.15, 0.2) is 0 Å². The maximum absolute atomic E-state index is 12.9. The predicted octanol–water partition coefficient (Wildman–Crippen LogP) is 2.14. The molecule has 6 heteroatoms. The van der Waals surface area contributed by atoms with E-state index in [0.717, 1.165) is 37.1 Å². The van der Waals surface area contributed by atoms with Crippen LogP contribution in [0.25, 0.3) is 0 Å². The molecule has 1 N–H and O–H groups in total. The Hall–Kier alpha value is -1.59. The summed E-state index contributed by atoms with van der Waals surface area (Å²) >= 11 is 0. The van der Waals surface area contributed by atoms with Crippen LogP contribution in [0.2, 0.25) is 0 Å². The first-order chi connectivity index (χ1) is 11.5. The molecule has 6 nitrogen and oxygen atoms in total. The second-order valence-electron chi connectivity index (χ2n) is 7.72. The van der Waals surface area contributed by atoms with E-state index in [0.29, 0.717) is 18.9 Å². The normalized spacial score (nSPS) is 29.9. The first kappa shape index (κ1) is 17.2. The number of hydrogen-bond donors (Lipinski definition) is 1. The highest BCUT2D eigenvalue weighted by molar-refractivity contribution is 6.09. The van der Waals surface area contributed by atoms with Gasteiger partial charge in [-0.1, -0.05) is 26.7 Å². The number of imide groups is 1. The third-order valence-corrected chi connectivity index (χ3v) is 5.82. The number of carbonyl (C=O) groups excluding carboxylic acids is 3. The maximum atomic E-state index is 12.9. The summed E-state index contributed by atoms with van der Waals surface area (Å²) in [4.78, 5) is 40.9. The van der Waals surface area contributed by atoms with Gasteiger partial charge < -0.3 is 10.2 Å². The molecule has 3 aliphatic rings. The van der Waals surface area contributed by atoms with Gasteiger partial charge in [0, 0.05) is 13.1 Å². The minimum absolute atomic E-state index is 0.104. The zero-order valence-corrected chi connectivity index (χ0v) is 14.8. The number of amides is 4. The van der Waals surface area contributed by atoms with Crippen LogP contribution in [0.1, 0.15) is 58.8 Å². The monoisotopic (exact) mass is 335 g/mol. The molecule has 3 rings (SSSR count). The zero-order chi connectivity index (χ0) is 17.3. The molecule has 24 heavy (non-hydrogen) atoms. The highest BCUT2D eigenvalue weighted by Crippen LogP contribution is 2.38. The fraction of sp³-hybridized carbons (Fsp3) is 0.833. The first-order valence-electron chi connectivity index (χ1n) is 9.40. The summed E-state index contributed by atoms with van der Waals surface area (Å²) in [5, 5.41) is 2.91. The fourth-order valence-electron chi connectivity index (χ4n) is 4.07. The molecule has 3 fully saturated rings. The number of rotatable bonds is 6. The Balaban J connectivity index is 1.68. The average Bonchev–Trinajstić information content (AvgIpc) is 3.33. The van der Waals surface area contributed by atoms with E-state index in [1.165, 1.54) is 12.8 Å². The summed E-state index contributed by atoms with van der Waals surface area (Å²) < 4.78 is 0. The Morgan fingerprint density at radius 1 is 1.29 bits per heavy atom. The largest absolute Gasteiger partial charge is 0.341 e. The van der Waals surface area contributed by atoms with Gasteiger partial charge in [-0.05, 0) is 43.9 Å². The van der Waals surface area contributed by atoms with Crippen LogP contribution >= 0.6 is 0 Å². The van der Waals surface area contributed by atoms with Crippen molar-refractivity contribution in [1.29, 1.82) is 0 Å². The third kappa shape index (κ3) is 3.15. The molecule has 0 aromatic carbocycles. The van der Waals surface area contributed by atoms with E-state index in [1.807, 2.05) is 18.7 Å². The average molecular weight is 335 g/mol. The van der Waals surface area contributed by atoms with Crippen LogP contribution in [0.4, 0.5) is 4.79 Å². The highest BCUT2D eigenvalue weighted by Gasteiger charge is 2.55. The summed E-state index contributed by atoms with van der Waals surface area (Å²) in [7, 11) is 0. The SMILES string of the molecule is CCCN(CC1CC1)C(=O)CN1C(=O)N[C@]2(CCCC[C@@H]2C)C1=O. The van der Waals surface area contributed by atoms with E-state index >= 15 is 0 Å². The maximum Gasteiger partial charge on any atom is 0.325 e. The van der Waals surface area contributed by atoms with E-state index in [9.17, 15) is 14.4 Å². The van der Waals surface area contributed by atoms with E-state index in [4.69, 9.17) is 0 Å². The highest BCUT2D eigenvalue weighted by atomic mass is 16.2. The molecule has 2 atom stereocenters. The van der Waals surface area contributed by atoms with Crippen molar-refractivity contribution in [2.45, 2.75) is 64.3 Å². The van der Waals surface area contributed by atoms with Gasteiger partial charge in [0.15, 0.2) is 0 Å². The lowest BCUT2D eigenvalue weighted by molar-refractivity contribution is -0.140. The van der Waals surface area contributed by atoms with Crippen molar-refractivity contribution in [1.82, 2.24) is 15.1 Å². The van der Waals surface area contributed by atoms with Crippen molar-refractivity contribution in [3.8, 4) is 0 Å². The van der Waals surface area contributed by atoms with Crippen LogP contribution in [0.5, 0.6) is 0 Å². The summed E-state index contributed by atoms with van der Waals surface area (Å²) in [6.07, 6.45) is 6.91. The molecule has 1 saturated heterocycles. The van der Waals surface area contributed by atoms with Gasteiger partial charge in [0.1, 0.15) is 12.1 Å². The van der Waals surface area contributed by atoms with Gasteiger partial charge in [0.05, 0.1) is 0 Å². The van der Waals surface area contributed by atoms with Crippen molar-refractivity contribution in [3.05, 3.63) is 0 Å². The molecule has 0 aromatic heterocycles. The molecule has 1 aliphatic heterocycles. The lowest BCUT2D eigenvalue weighted by Gasteiger charge is -2.36. The molecule has 134 valence electrons. The first-order valence-corrected chi connectivity index (χ1v) is 9.40. The van der Waals surface area contributed by atoms with E-state index < -0.39 is 11.6 Å². The molecule has 0 unspecified atom stereocenters. The third-order valence-electron chi connectivity index (χ3n) is 5.82. The molecule has 1 heterocycles. The minimum atomic E-state index is -0.776. The van der Waals surface area contributed by atoms with Gasteiger partial charge in [0.2, 0.25) is 5.91 Å². The standard InChI is InChI=1S/C18H29N3O3/c1-3-10-20(11-14-7-8-14)15(22)12-21-16(23)18(19-17(21)24)9-5-4-6-13(18)2/h13-14H,3-12H2,1-2H3,(H,19,24)/t13-,18-/m0/s1. The predicted molar refractivity (Wildman–Crippen MR) is 90.2 cm³/mol. The van der Waals surface area contributed by atoms with Crippen LogP contribution in [-0.2, 0) is 9.59 Å². The molecule has 0 radical (unpaired) electrons. The van der Waals surface area contributed by atoms with Crippen molar-refractivity contribution in [3.63, 3.8) is 0 Å². The zero-order valence-electron chi connectivity index (χ0n) is 14.8. The molecule has 0 bridgehead atoms. The van der Waals surface area contributed by atoms with Gasteiger partial charge in [0.25, 0.3) is 5.91 Å². The Kier molecular flexibility index (Phi) is 4.83. The Bertz CT molecular complexity index is 532. The van der Waals surface area contributed by atoms with Gasteiger partial charge in [-0.15, -0.1) is 0 Å². The van der Waals surface area contributed by atoms with Gasteiger partial charge in [-0.25, -0.2) is 4.79 Å². The van der Waals surface area contributed by atoms with Crippen LogP contribution in [-0.4, -0.2) is 52.8 Å². The quantitative estimate of drug-likeness (QED) is 0.756. The van der Waals surface area contributed by atoms with Crippen molar-refractivity contribution >= 4 is 17.8 Å². The lowest BCUT2D eigenvalue weighted by atomic mass is 9.73. The number of carbonyl (C=O) groups is 3. The second kappa shape index (κ2) is 6.73. The molecule has 2 saturated carbocycles. The van der Waals surface area contributed by atoms with Gasteiger partial charge >= 0.3 is 6.03 Å². The van der Waals surface area contributed by atoms with E-state index in [-0.39, 0.29) is 24.3 Å². The van der Waals surface area contributed by atoms with Gasteiger partial charge in [-0.2, -0.15) is 0 Å². The smallest absolute Gasteiger partial charge is 0.325 e. The second-order valence-corrected chi connectivity index (χ2v) is 7.72. The fourth-order valence-corrected chi connectivity index (χ4v) is 4.07. The summed E-state index contributed by atoms with van der Waals surface area (Å²) in [5.41, 5.74) is -0.776. The minimum Gasteiger partial charge on any atom is -0.341 e. The van der Waals surface area contributed by atoms with Crippen LogP contribution in [0.3, 0.4) is 0 Å². The van der Waals surface area contributed by atoms with Gasteiger partial charge in [-0.3, -0.25) is 14.5 Å². The lowest BCUT2D eigenvalue weighted by Crippen LogP contribution is -2.54. The molecule has 4 amide bonds. The summed E-state index contributed by atoms with van der Waals surface area (Å²) in [5.74, 6) is 0.429. The number of hydrogen-bond acceptors (Lipinski definition) is 3. The Morgan fingerprint density at radius 2 is 2.04 bits per heavy atom. The summed E-state index contributed by atoms with van der Waals surface area (Å²) in [6.45, 7) is 5.41. The molecular weight excluding hydrogens is 306 g/mol. The molecule has 1 spiro atoms. The van der Waals surface area contributed by atoms with Crippen molar-refractivity contribution in [2.75, 3.05) is 19.6 Å². The Morgan fingerprint density at radius 3 is 2.67 bits per heavy atom. The van der Waals surface area contributed by atoms with Crippen molar-refractivity contribution < 1.29 is 14.4 Å². The van der Waals surface area contributed by atoms with Crippen molar-refractivity contribution in [2.24, 2.45) is 11.8 Å². The number of nitrogens with zero attached hydrogens (tertiary/aromatic N) is 2.